The van der Waals surface area contributed by atoms with Crippen LogP contribution in [0.25, 0.3) is 0 Å². The van der Waals surface area contributed by atoms with Crippen molar-refractivity contribution in [2.45, 2.75) is 59.8 Å². The van der Waals surface area contributed by atoms with Crippen LogP contribution in [0, 0.1) is 5.92 Å². The van der Waals surface area contributed by atoms with E-state index in [1.54, 1.807) is 5.57 Å². The molecule has 0 amide bonds. The topological polar surface area (TPSA) is 26.3 Å². The Bertz CT molecular complexity index is 285. The molecule has 0 saturated heterocycles. The number of allylic oxidation sites excluding steroid dienone is 3. The molecule has 0 aliphatic heterocycles. The Hall–Kier alpha value is -1.05. The lowest BCUT2D eigenvalue weighted by Gasteiger charge is -2.14. The van der Waals surface area contributed by atoms with Gasteiger partial charge in [0.2, 0.25) is 0 Å². The molecule has 0 aromatic carbocycles. The van der Waals surface area contributed by atoms with Crippen molar-refractivity contribution >= 4 is 5.97 Å². The zero-order valence-electron chi connectivity index (χ0n) is 12.4. The average Bonchev–Trinajstić information content (AvgIpc) is 2.28. The fourth-order valence-corrected chi connectivity index (χ4v) is 1.87. The van der Waals surface area contributed by atoms with Crippen molar-refractivity contribution in [2.75, 3.05) is 6.61 Å². The predicted molar refractivity (Wildman–Crippen MR) is 77.5 cm³/mol. The van der Waals surface area contributed by atoms with Crippen LogP contribution in [0.1, 0.15) is 59.8 Å². The summed E-state index contributed by atoms with van der Waals surface area (Å²) in [5, 5.41) is 0. The Balaban J connectivity index is 3.93. The van der Waals surface area contributed by atoms with E-state index >= 15 is 0 Å². The number of hydrogen-bond donors (Lipinski definition) is 0. The van der Waals surface area contributed by atoms with Crippen LogP contribution in [-0.2, 0) is 9.53 Å². The van der Waals surface area contributed by atoms with Gasteiger partial charge in [-0.2, -0.15) is 0 Å². The van der Waals surface area contributed by atoms with Crippen LogP contribution < -0.4 is 0 Å². The van der Waals surface area contributed by atoms with Crippen molar-refractivity contribution in [2.24, 2.45) is 5.92 Å². The highest BCUT2D eigenvalue weighted by molar-refractivity contribution is 5.65. The predicted octanol–water partition coefficient (Wildman–Crippen LogP) is 4.66. The molecule has 2 nitrogen and oxygen atoms in total. The van der Waals surface area contributed by atoms with Gasteiger partial charge in [0, 0.05) is 6.92 Å². The second-order valence-corrected chi connectivity index (χ2v) is 5.20. The summed E-state index contributed by atoms with van der Waals surface area (Å²) >= 11 is 0. The highest BCUT2D eigenvalue weighted by Crippen LogP contribution is 2.21. The minimum atomic E-state index is -0.182. The van der Waals surface area contributed by atoms with Crippen LogP contribution in [0.2, 0.25) is 0 Å². The molecule has 2 heteroatoms. The molecule has 0 spiro atoms. The van der Waals surface area contributed by atoms with E-state index in [4.69, 9.17) is 4.74 Å². The monoisotopic (exact) mass is 252 g/mol. The summed E-state index contributed by atoms with van der Waals surface area (Å²) in [6, 6.07) is 0. The lowest BCUT2D eigenvalue weighted by molar-refractivity contribution is -0.141. The second kappa shape index (κ2) is 9.93. The normalized spacial score (nSPS) is 11.8. The van der Waals surface area contributed by atoms with E-state index < -0.39 is 0 Å². The summed E-state index contributed by atoms with van der Waals surface area (Å²) in [6.07, 6.45) is 7.44. The van der Waals surface area contributed by atoms with Gasteiger partial charge in [-0.15, -0.1) is 6.58 Å². The lowest BCUT2D eigenvalue weighted by atomic mass is 9.94. The molecule has 0 saturated carbocycles. The summed E-state index contributed by atoms with van der Waals surface area (Å²) in [4.78, 5) is 10.7. The first-order chi connectivity index (χ1) is 8.47. The summed E-state index contributed by atoms with van der Waals surface area (Å²) in [5.74, 6) is 0.417. The van der Waals surface area contributed by atoms with E-state index in [0.717, 1.165) is 25.7 Å². The molecule has 0 heterocycles. The van der Waals surface area contributed by atoms with Crippen LogP contribution >= 0.6 is 0 Å². The lowest BCUT2D eigenvalue weighted by Crippen LogP contribution is -2.06. The molecule has 0 bridgehead atoms. The van der Waals surface area contributed by atoms with Crippen molar-refractivity contribution < 1.29 is 9.53 Å². The van der Waals surface area contributed by atoms with Crippen molar-refractivity contribution in [1.82, 2.24) is 0 Å². The van der Waals surface area contributed by atoms with Crippen LogP contribution in [0.5, 0.6) is 0 Å². The zero-order valence-corrected chi connectivity index (χ0v) is 12.4. The number of carbonyl (C=O) groups excluding carboxylic acids is 1. The molecule has 104 valence electrons. The van der Waals surface area contributed by atoms with Gasteiger partial charge in [-0.3, -0.25) is 4.79 Å². The van der Waals surface area contributed by atoms with Gasteiger partial charge in [-0.25, -0.2) is 0 Å². The molecule has 0 aromatic rings. The summed E-state index contributed by atoms with van der Waals surface area (Å²) < 4.78 is 4.97. The molecule has 0 radical (unpaired) electrons. The number of esters is 1. The maximum atomic E-state index is 10.7. The average molecular weight is 252 g/mol. The van der Waals surface area contributed by atoms with E-state index in [0.29, 0.717) is 12.5 Å². The molecule has 1 atom stereocenters. The molecule has 0 aromatic heterocycles. The summed E-state index contributed by atoms with van der Waals surface area (Å²) in [6.45, 7) is 12.4. The van der Waals surface area contributed by atoms with Gasteiger partial charge < -0.3 is 4.74 Å². The maximum absolute atomic E-state index is 10.7. The van der Waals surface area contributed by atoms with Crippen molar-refractivity contribution in [1.29, 1.82) is 0 Å². The molecule has 18 heavy (non-hydrogen) atoms. The third-order valence-corrected chi connectivity index (χ3v) is 3.21. The van der Waals surface area contributed by atoms with Crippen molar-refractivity contribution in [3.05, 3.63) is 23.8 Å². The minimum Gasteiger partial charge on any atom is -0.466 e. The van der Waals surface area contributed by atoms with Crippen LogP contribution in [0.15, 0.2) is 23.8 Å². The Morgan fingerprint density at radius 3 is 2.39 bits per heavy atom. The molecular formula is C16H28O2. The van der Waals surface area contributed by atoms with Crippen LogP contribution in [0.4, 0.5) is 0 Å². The van der Waals surface area contributed by atoms with Gasteiger partial charge in [-0.05, 0) is 51.9 Å². The van der Waals surface area contributed by atoms with Crippen molar-refractivity contribution in [3.8, 4) is 0 Å². The van der Waals surface area contributed by atoms with Crippen LogP contribution in [0.3, 0.4) is 0 Å². The third-order valence-electron chi connectivity index (χ3n) is 3.21. The highest BCUT2D eigenvalue weighted by atomic mass is 16.5. The molecule has 0 N–H and O–H groups in total. The van der Waals surface area contributed by atoms with Gasteiger partial charge in [0.15, 0.2) is 0 Å². The van der Waals surface area contributed by atoms with E-state index in [1.165, 1.54) is 18.9 Å². The number of carbonyl (C=O) groups is 1. The number of ether oxygens (including phenoxy) is 1. The van der Waals surface area contributed by atoms with Crippen molar-refractivity contribution in [3.63, 3.8) is 0 Å². The molecule has 0 rings (SSSR count). The van der Waals surface area contributed by atoms with E-state index in [-0.39, 0.29) is 5.97 Å². The summed E-state index contributed by atoms with van der Waals surface area (Å²) in [7, 11) is 0. The summed E-state index contributed by atoms with van der Waals surface area (Å²) in [5.41, 5.74) is 2.98. The third kappa shape index (κ3) is 9.03. The van der Waals surface area contributed by atoms with Gasteiger partial charge in [0.25, 0.3) is 0 Å². The second-order valence-electron chi connectivity index (χ2n) is 5.20. The zero-order chi connectivity index (χ0) is 14.0. The minimum absolute atomic E-state index is 0.182. The molecule has 0 aliphatic rings. The Labute approximate surface area is 112 Å². The van der Waals surface area contributed by atoms with E-state index in [1.807, 2.05) is 6.08 Å². The first-order valence-electron chi connectivity index (χ1n) is 6.86. The standard InChI is InChI=1S/C16H28O2/c1-6-7-8-16(13(2)3)10-9-14(4)11-12-18-15(5)17/h6,14H,1,7-12H2,2-5H3. The fourth-order valence-electron chi connectivity index (χ4n) is 1.87. The van der Waals surface area contributed by atoms with Gasteiger partial charge in [-0.1, -0.05) is 24.1 Å². The largest absolute Gasteiger partial charge is 0.466 e. The molecule has 1 unspecified atom stereocenters. The van der Waals surface area contributed by atoms with Gasteiger partial charge >= 0.3 is 5.97 Å². The fraction of sp³-hybridized carbons (Fsp3) is 0.688. The highest BCUT2D eigenvalue weighted by Gasteiger charge is 2.06. The SMILES string of the molecule is C=CCCC(CCC(C)CCOC(C)=O)=C(C)C. The smallest absolute Gasteiger partial charge is 0.302 e. The van der Waals surface area contributed by atoms with E-state index in [9.17, 15) is 4.79 Å². The first-order valence-corrected chi connectivity index (χ1v) is 6.86. The number of hydrogen-bond acceptors (Lipinski definition) is 2. The Morgan fingerprint density at radius 2 is 1.89 bits per heavy atom. The van der Waals surface area contributed by atoms with Gasteiger partial charge in [0.05, 0.1) is 6.61 Å². The Kier molecular flexibility index (Phi) is 9.35. The number of rotatable bonds is 9. The quantitative estimate of drug-likeness (QED) is 0.441. The first kappa shape index (κ1) is 16.9. The van der Waals surface area contributed by atoms with Gasteiger partial charge in [0.1, 0.15) is 0 Å². The molecule has 0 fully saturated rings. The maximum Gasteiger partial charge on any atom is 0.302 e. The Morgan fingerprint density at radius 1 is 1.22 bits per heavy atom. The van der Waals surface area contributed by atoms with Crippen LogP contribution in [-0.4, -0.2) is 12.6 Å². The molecular weight excluding hydrogens is 224 g/mol. The van der Waals surface area contributed by atoms with E-state index in [2.05, 4.69) is 27.4 Å². The molecule has 0 aliphatic carbocycles.